The molecule has 2 rings (SSSR count). The smallest absolute Gasteiger partial charge is 0.244 e. The van der Waals surface area contributed by atoms with E-state index in [0.29, 0.717) is 11.2 Å². The average Bonchev–Trinajstić information content (AvgIpc) is 2.79. The van der Waals surface area contributed by atoms with Crippen LogP contribution in [0.15, 0.2) is 30.3 Å². The molecule has 0 spiro atoms. The van der Waals surface area contributed by atoms with Crippen LogP contribution in [-0.4, -0.2) is 60.1 Å². The van der Waals surface area contributed by atoms with Gasteiger partial charge in [-0.05, 0) is 42.0 Å². The van der Waals surface area contributed by atoms with E-state index in [-0.39, 0.29) is 23.8 Å². The summed E-state index contributed by atoms with van der Waals surface area (Å²) in [6.45, 7) is 10.7. The molecule has 1 fully saturated rings. The summed E-state index contributed by atoms with van der Waals surface area (Å²) in [6.07, 6.45) is 4.44. The van der Waals surface area contributed by atoms with Crippen LogP contribution in [0.1, 0.15) is 65.9 Å². The van der Waals surface area contributed by atoms with Gasteiger partial charge in [0.15, 0.2) is 5.11 Å². The van der Waals surface area contributed by atoms with Crippen molar-refractivity contribution in [2.24, 2.45) is 11.3 Å². The topological polar surface area (TPSA) is 85.5 Å². The van der Waals surface area contributed by atoms with Crippen LogP contribution in [0.4, 0.5) is 0 Å². The minimum atomic E-state index is -0.587. The Bertz CT molecular complexity index is 838. The van der Waals surface area contributed by atoms with Gasteiger partial charge in [-0.15, -0.1) is 0 Å². The van der Waals surface area contributed by atoms with Gasteiger partial charge in [0.1, 0.15) is 12.1 Å². The highest BCUT2D eigenvalue weighted by Crippen LogP contribution is 2.22. The summed E-state index contributed by atoms with van der Waals surface area (Å²) in [5, 5.41) is 13.9. The molecule has 8 heteroatoms. The van der Waals surface area contributed by atoms with Crippen molar-refractivity contribution in [3.63, 3.8) is 0 Å². The van der Waals surface area contributed by atoms with E-state index in [4.69, 9.17) is 12.2 Å². The molecule has 196 valence electrons. The molecule has 2 amide bonds. The van der Waals surface area contributed by atoms with Gasteiger partial charge in [-0.3, -0.25) is 9.59 Å². The molecular formula is C27H45N5O2S. The second-order valence-electron chi connectivity index (χ2n) is 11.2. The van der Waals surface area contributed by atoms with Gasteiger partial charge in [0.05, 0.1) is 0 Å². The summed E-state index contributed by atoms with van der Waals surface area (Å²) in [6, 6.07) is 9.71. The zero-order valence-electron chi connectivity index (χ0n) is 22.5. The molecule has 0 aromatic heterocycles. The predicted molar refractivity (Wildman–Crippen MR) is 147 cm³/mol. The van der Waals surface area contributed by atoms with E-state index in [2.05, 4.69) is 45.5 Å². The third-order valence-electron chi connectivity index (χ3n) is 6.57. The number of likely N-dealkylation sites (N-methyl/N-ethyl adjacent to an activating group) is 1. The molecule has 4 atom stereocenters. The Morgan fingerprint density at radius 1 is 1.03 bits per heavy atom. The fourth-order valence-electron chi connectivity index (χ4n) is 4.44. The lowest BCUT2D eigenvalue weighted by molar-refractivity contribution is -0.136. The normalized spacial score (nSPS) is 20.0. The number of carbonyl (C=O) groups is 2. The molecule has 1 aromatic carbocycles. The lowest BCUT2D eigenvalue weighted by atomic mass is 9.85. The summed E-state index contributed by atoms with van der Waals surface area (Å²) in [4.78, 5) is 27.5. The Balaban J connectivity index is 2.03. The number of nitrogens with one attached hydrogen (secondary N) is 4. The molecule has 4 N–H and O–H groups in total. The van der Waals surface area contributed by atoms with E-state index in [1.54, 1.807) is 14.1 Å². The molecule has 35 heavy (non-hydrogen) atoms. The Labute approximate surface area is 217 Å². The zero-order valence-corrected chi connectivity index (χ0v) is 23.3. The number of thiocarbonyl (C=S) groups is 1. The highest BCUT2D eigenvalue weighted by molar-refractivity contribution is 7.80. The van der Waals surface area contributed by atoms with Gasteiger partial charge in [-0.25, -0.2) is 0 Å². The number of rotatable bonds is 9. The van der Waals surface area contributed by atoms with Crippen molar-refractivity contribution in [2.45, 2.75) is 91.0 Å². The first-order chi connectivity index (χ1) is 16.4. The third-order valence-corrected chi connectivity index (χ3v) is 6.80. The molecule has 1 aliphatic carbocycles. The maximum absolute atomic E-state index is 13.3. The minimum absolute atomic E-state index is 0.0294. The van der Waals surface area contributed by atoms with E-state index < -0.39 is 17.5 Å². The molecule has 1 saturated carbocycles. The molecule has 7 nitrogen and oxygen atoms in total. The number of carbonyl (C=O) groups excluding carboxylic acids is 2. The van der Waals surface area contributed by atoms with Crippen molar-refractivity contribution in [3.05, 3.63) is 35.9 Å². The van der Waals surface area contributed by atoms with Crippen LogP contribution < -0.4 is 21.3 Å². The second-order valence-corrected chi connectivity index (χ2v) is 11.7. The summed E-state index contributed by atoms with van der Waals surface area (Å²) in [5.41, 5.74) is 0.852. The minimum Gasteiger partial charge on any atom is -0.358 e. The molecule has 0 heterocycles. The molecule has 1 aromatic rings. The molecule has 0 saturated heterocycles. The standard InChI is InChI=1S/C27H45N5O2S/c1-18(2)22(25(34)32(6)7)30-24(33)23(27(3,4)5)31-26(35)29-21-16-12-11-15-20(21)28-17-19-13-9-8-10-14-19/h8-10,13-14,18,20-23,28H,11-12,15-17H2,1-7H3,(H,30,33)(H2,29,31,35)/t20-,21-,22+,23-/m1/s1. The van der Waals surface area contributed by atoms with Crippen LogP contribution in [0.25, 0.3) is 0 Å². The lowest BCUT2D eigenvalue weighted by Gasteiger charge is -2.37. The van der Waals surface area contributed by atoms with E-state index in [1.807, 2.05) is 40.7 Å². The first kappa shape index (κ1) is 29.0. The van der Waals surface area contributed by atoms with Gasteiger partial charge in [0.25, 0.3) is 0 Å². The van der Waals surface area contributed by atoms with Crippen molar-refractivity contribution < 1.29 is 9.59 Å². The van der Waals surface area contributed by atoms with Gasteiger partial charge < -0.3 is 26.2 Å². The van der Waals surface area contributed by atoms with Gasteiger partial charge in [-0.2, -0.15) is 0 Å². The lowest BCUT2D eigenvalue weighted by Crippen LogP contribution is -2.61. The Morgan fingerprint density at radius 2 is 1.63 bits per heavy atom. The van der Waals surface area contributed by atoms with Crippen LogP contribution in [0.3, 0.4) is 0 Å². The molecule has 0 aliphatic heterocycles. The van der Waals surface area contributed by atoms with Crippen LogP contribution >= 0.6 is 12.2 Å². The summed E-state index contributed by atoms with van der Waals surface area (Å²) < 4.78 is 0. The largest absolute Gasteiger partial charge is 0.358 e. The van der Waals surface area contributed by atoms with Crippen LogP contribution in [0.2, 0.25) is 0 Å². The Morgan fingerprint density at radius 3 is 2.17 bits per heavy atom. The van der Waals surface area contributed by atoms with E-state index in [9.17, 15) is 9.59 Å². The summed E-state index contributed by atoms with van der Waals surface area (Å²) in [7, 11) is 3.41. The Kier molecular flexibility index (Phi) is 11.0. The first-order valence-electron chi connectivity index (χ1n) is 12.8. The molecule has 0 radical (unpaired) electrons. The molecule has 0 unspecified atom stereocenters. The van der Waals surface area contributed by atoms with Crippen molar-refractivity contribution in [3.8, 4) is 0 Å². The van der Waals surface area contributed by atoms with E-state index >= 15 is 0 Å². The molecular weight excluding hydrogens is 458 g/mol. The second kappa shape index (κ2) is 13.2. The fraction of sp³-hybridized carbons (Fsp3) is 0.667. The summed E-state index contributed by atoms with van der Waals surface area (Å²) >= 11 is 5.68. The summed E-state index contributed by atoms with van der Waals surface area (Å²) in [5.74, 6) is -0.368. The van der Waals surface area contributed by atoms with Crippen LogP contribution in [0.5, 0.6) is 0 Å². The van der Waals surface area contributed by atoms with Gasteiger partial charge in [0, 0.05) is 32.7 Å². The zero-order chi connectivity index (χ0) is 26.2. The van der Waals surface area contributed by atoms with Gasteiger partial charge in [-0.1, -0.05) is 77.8 Å². The highest BCUT2D eigenvalue weighted by Gasteiger charge is 2.36. The van der Waals surface area contributed by atoms with Crippen LogP contribution in [0, 0.1) is 11.3 Å². The fourth-order valence-corrected chi connectivity index (χ4v) is 4.71. The molecule has 1 aliphatic rings. The van der Waals surface area contributed by atoms with Gasteiger partial charge >= 0.3 is 0 Å². The number of amides is 2. The van der Waals surface area contributed by atoms with Gasteiger partial charge in [0.2, 0.25) is 11.8 Å². The maximum atomic E-state index is 13.3. The predicted octanol–water partition coefficient (Wildman–Crippen LogP) is 3.20. The third kappa shape index (κ3) is 9.08. The monoisotopic (exact) mass is 503 g/mol. The number of benzene rings is 1. The van der Waals surface area contributed by atoms with Crippen LogP contribution in [-0.2, 0) is 16.1 Å². The molecule has 0 bridgehead atoms. The number of nitrogens with zero attached hydrogens (tertiary/aromatic N) is 1. The number of hydrogen-bond donors (Lipinski definition) is 4. The average molecular weight is 504 g/mol. The SMILES string of the molecule is CC(C)[C@H](NC(=O)[C@@H](NC(=S)N[C@@H]1CCCC[C@H]1NCc1ccccc1)C(C)(C)C)C(=O)N(C)C. The number of hydrogen-bond acceptors (Lipinski definition) is 4. The van der Waals surface area contributed by atoms with Crippen molar-refractivity contribution >= 4 is 29.1 Å². The Hall–Kier alpha value is -2.19. The van der Waals surface area contributed by atoms with Crippen molar-refractivity contribution in [1.82, 2.24) is 26.2 Å². The first-order valence-corrected chi connectivity index (χ1v) is 13.2. The quantitative estimate of drug-likeness (QED) is 0.387. The highest BCUT2D eigenvalue weighted by atomic mass is 32.1. The van der Waals surface area contributed by atoms with Crippen molar-refractivity contribution in [1.29, 1.82) is 0 Å². The van der Waals surface area contributed by atoms with Crippen molar-refractivity contribution in [2.75, 3.05) is 14.1 Å². The maximum Gasteiger partial charge on any atom is 0.244 e. The van der Waals surface area contributed by atoms with E-state index in [0.717, 1.165) is 25.8 Å². The van der Waals surface area contributed by atoms with E-state index in [1.165, 1.54) is 16.9 Å².